The molecule has 2 aromatic heterocycles. The maximum atomic E-state index is 4.31. The zero-order chi connectivity index (χ0) is 12.2. The van der Waals surface area contributed by atoms with Crippen LogP contribution in [0.5, 0.6) is 0 Å². The minimum absolute atomic E-state index is 0.739. The molecule has 1 saturated heterocycles. The van der Waals surface area contributed by atoms with Gasteiger partial charge in [-0.15, -0.1) is 11.8 Å². The number of nitrogens with zero attached hydrogens (tertiary/aromatic N) is 3. The van der Waals surface area contributed by atoms with Gasteiger partial charge in [0.25, 0.3) is 0 Å². The molecule has 0 bridgehead atoms. The Morgan fingerprint density at radius 1 is 1.33 bits per heavy atom. The highest BCUT2D eigenvalue weighted by atomic mass is 32.2. The van der Waals surface area contributed by atoms with Crippen molar-refractivity contribution in [1.29, 1.82) is 0 Å². The number of nitrogens with one attached hydrogen (secondary N) is 2. The van der Waals surface area contributed by atoms with Gasteiger partial charge in [-0.3, -0.25) is 0 Å². The van der Waals surface area contributed by atoms with Crippen LogP contribution in [0.2, 0.25) is 0 Å². The van der Waals surface area contributed by atoms with Gasteiger partial charge in [0.2, 0.25) is 0 Å². The number of thioether (sulfide) groups is 1. The topological polar surface area (TPSA) is 66.5 Å². The summed E-state index contributed by atoms with van der Waals surface area (Å²) in [5.74, 6) is 1.10. The van der Waals surface area contributed by atoms with Crippen molar-refractivity contribution in [2.75, 3.05) is 12.3 Å². The lowest BCUT2D eigenvalue weighted by Gasteiger charge is -2.08. The molecule has 0 saturated carbocycles. The molecule has 6 heteroatoms. The third kappa shape index (κ3) is 2.64. The normalized spacial score (nSPS) is 19.7. The Morgan fingerprint density at radius 3 is 3.22 bits per heavy atom. The second-order valence-electron chi connectivity index (χ2n) is 4.56. The molecular formula is C12H17N5S. The molecule has 1 unspecified atom stereocenters. The van der Waals surface area contributed by atoms with Gasteiger partial charge in [0.1, 0.15) is 16.9 Å². The molecule has 1 fully saturated rings. The summed E-state index contributed by atoms with van der Waals surface area (Å²) in [4.78, 5) is 15.7. The van der Waals surface area contributed by atoms with E-state index in [1.54, 1.807) is 24.4 Å². The van der Waals surface area contributed by atoms with Gasteiger partial charge in [0, 0.05) is 6.04 Å². The van der Waals surface area contributed by atoms with E-state index in [9.17, 15) is 0 Å². The second kappa shape index (κ2) is 5.67. The van der Waals surface area contributed by atoms with E-state index in [0.29, 0.717) is 0 Å². The Hall–Kier alpha value is -1.14. The lowest BCUT2D eigenvalue weighted by molar-refractivity contribution is 0.553. The highest BCUT2D eigenvalue weighted by Gasteiger charge is 2.13. The van der Waals surface area contributed by atoms with Crippen molar-refractivity contribution in [2.24, 2.45) is 0 Å². The average molecular weight is 263 g/mol. The van der Waals surface area contributed by atoms with Crippen LogP contribution >= 0.6 is 11.8 Å². The fourth-order valence-corrected chi connectivity index (χ4v) is 3.27. The van der Waals surface area contributed by atoms with Crippen molar-refractivity contribution in [1.82, 2.24) is 25.3 Å². The molecule has 0 spiro atoms. The molecule has 0 aliphatic carbocycles. The maximum absolute atomic E-state index is 4.31. The van der Waals surface area contributed by atoms with Gasteiger partial charge in [0.05, 0.1) is 6.33 Å². The molecule has 3 heterocycles. The standard InChI is InChI=1S/C12H17N5S/c1-3-9(13-5-1)4-2-6-18-12-10-11(15-7-14-10)16-8-17-12/h7-9,13H,1-6H2,(H,14,15,16,17). The minimum Gasteiger partial charge on any atom is -0.341 e. The molecule has 3 rings (SSSR count). The van der Waals surface area contributed by atoms with Crippen LogP contribution in [0, 0.1) is 0 Å². The molecule has 96 valence electrons. The molecule has 0 radical (unpaired) electrons. The van der Waals surface area contributed by atoms with Gasteiger partial charge in [0.15, 0.2) is 5.65 Å². The van der Waals surface area contributed by atoms with Crippen molar-refractivity contribution in [2.45, 2.75) is 36.8 Å². The van der Waals surface area contributed by atoms with Gasteiger partial charge in [-0.1, -0.05) is 0 Å². The van der Waals surface area contributed by atoms with Crippen LogP contribution in [0.4, 0.5) is 0 Å². The second-order valence-corrected chi connectivity index (χ2v) is 5.65. The molecule has 5 nitrogen and oxygen atoms in total. The molecular weight excluding hydrogens is 246 g/mol. The van der Waals surface area contributed by atoms with E-state index in [2.05, 4.69) is 25.3 Å². The quantitative estimate of drug-likeness (QED) is 0.490. The van der Waals surface area contributed by atoms with E-state index >= 15 is 0 Å². The summed E-state index contributed by atoms with van der Waals surface area (Å²) >= 11 is 1.79. The van der Waals surface area contributed by atoms with E-state index < -0.39 is 0 Å². The van der Waals surface area contributed by atoms with Gasteiger partial charge < -0.3 is 10.3 Å². The number of imidazole rings is 1. The van der Waals surface area contributed by atoms with Gasteiger partial charge in [-0.2, -0.15) is 0 Å². The number of fused-ring (bicyclic) bond motifs is 1. The molecule has 0 amide bonds. The van der Waals surface area contributed by atoms with Crippen molar-refractivity contribution in [3.05, 3.63) is 12.7 Å². The molecule has 18 heavy (non-hydrogen) atoms. The number of hydrogen-bond donors (Lipinski definition) is 2. The third-order valence-electron chi connectivity index (χ3n) is 3.29. The van der Waals surface area contributed by atoms with E-state index in [4.69, 9.17) is 0 Å². The maximum Gasteiger partial charge on any atom is 0.181 e. The van der Waals surface area contributed by atoms with Crippen LogP contribution in [0.25, 0.3) is 11.2 Å². The average Bonchev–Trinajstić information content (AvgIpc) is 3.05. The monoisotopic (exact) mass is 263 g/mol. The van der Waals surface area contributed by atoms with Crippen LogP contribution in [-0.4, -0.2) is 38.3 Å². The number of hydrogen-bond acceptors (Lipinski definition) is 5. The molecule has 2 N–H and O–H groups in total. The van der Waals surface area contributed by atoms with Crippen LogP contribution in [0.15, 0.2) is 17.7 Å². The van der Waals surface area contributed by atoms with Crippen LogP contribution in [0.1, 0.15) is 25.7 Å². The van der Waals surface area contributed by atoms with Gasteiger partial charge in [-0.25, -0.2) is 15.0 Å². The fraction of sp³-hybridized carbons (Fsp3) is 0.583. The molecule has 1 aliphatic heterocycles. The van der Waals surface area contributed by atoms with Crippen molar-refractivity contribution in [3.63, 3.8) is 0 Å². The molecule has 1 atom stereocenters. The van der Waals surface area contributed by atoms with Crippen LogP contribution in [-0.2, 0) is 0 Å². The number of rotatable bonds is 5. The van der Waals surface area contributed by atoms with Crippen molar-refractivity contribution < 1.29 is 0 Å². The molecule has 2 aromatic rings. The summed E-state index contributed by atoms with van der Waals surface area (Å²) in [6, 6.07) is 0.739. The summed E-state index contributed by atoms with van der Waals surface area (Å²) in [6.45, 7) is 1.19. The predicted molar refractivity (Wildman–Crippen MR) is 72.7 cm³/mol. The third-order valence-corrected chi connectivity index (χ3v) is 4.36. The SMILES string of the molecule is c1nc(SCCCC2CCCN2)c2[nH]cnc2n1. The summed E-state index contributed by atoms with van der Waals surface area (Å²) < 4.78 is 0. The first-order valence-corrected chi connectivity index (χ1v) is 7.42. The van der Waals surface area contributed by atoms with E-state index in [1.165, 1.54) is 32.2 Å². The van der Waals surface area contributed by atoms with Crippen molar-refractivity contribution in [3.8, 4) is 0 Å². The van der Waals surface area contributed by atoms with Crippen LogP contribution in [0.3, 0.4) is 0 Å². The smallest absolute Gasteiger partial charge is 0.181 e. The largest absolute Gasteiger partial charge is 0.341 e. The summed E-state index contributed by atoms with van der Waals surface area (Å²) in [5.41, 5.74) is 1.71. The Balaban J connectivity index is 1.51. The molecule has 0 aromatic carbocycles. The van der Waals surface area contributed by atoms with Gasteiger partial charge >= 0.3 is 0 Å². The Bertz CT molecular complexity index is 506. The Kier molecular flexibility index (Phi) is 3.75. The van der Waals surface area contributed by atoms with Crippen molar-refractivity contribution >= 4 is 22.9 Å². The summed E-state index contributed by atoms with van der Waals surface area (Å²) in [6.07, 6.45) is 8.42. The lowest BCUT2D eigenvalue weighted by Crippen LogP contribution is -2.20. The number of H-pyrrole nitrogens is 1. The predicted octanol–water partition coefficient (Wildman–Crippen LogP) is 1.98. The first-order valence-electron chi connectivity index (χ1n) is 6.44. The number of aromatic nitrogens is 4. The van der Waals surface area contributed by atoms with E-state index in [-0.39, 0.29) is 0 Å². The lowest BCUT2D eigenvalue weighted by atomic mass is 10.1. The molecule has 1 aliphatic rings. The zero-order valence-corrected chi connectivity index (χ0v) is 11.0. The number of aromatic amines is 1. The Labute approximate surface area is 110 Å². The summed E-state index contributed by atoms with van der Waals surface area (Å²) in [7, 11) is 0. The van der Waals surface area contributed by atoms with E-state index in [0.717, 1.165) is 28.0 Å². The van der Waals surface area contributed by atoms with Crippen LogP contribution < -0.4 is 5.32 Å². The summed E-state index contributed by atoms with van der Waals surface area (Å²) in [5, 5.41) is 4.54. The van der Waals surface area contributed by atoms with E-state index in [1.807, 2.05) is 0 Å². The highest BCUT2D eigenvalue weighted by Crippen LogP contribution is 2.23. The fourth-order valence-electron chi connectivity index (χ4n) is 2.35. The first-order chi connectivity index (χ1) is 8.93. The first kappa shape index (κ1) is 11.9. The Morgan fingerprint density at radius 2 is 2.33 bits per heavy atom. The highest BCUT2D eigenvalue weighted by molar-refractivity contribution is 7.99. The van der Waals surface area contributed by atoms with Gasteiger partial charge in [-0.05, 0) is 38.0 Å². The minimum atomic E-state index is 0.739. The zero-order valence-electron chi connectivity index (χ0n) is 10.2.